The molecule has 1 aromatic carbocycles. The Labute approximate surface area is 226 Å². The largest absolute Gasteiger partial charge is 0.493 e. The molecule has 3 aromatic rings. The van der Waals surface area contributed by atoms with Gasteiger partial charge in [0.15, 0.2) is 5.54 Å². The van der Waals surface area contributed by atoms with Crippen LogP contribution in [0, 0.1) is 5.82 Å². The van der Waals surface area contributed by atoms with Crippen LogP contribution in [-0.4, -0.2) is 54.9 Å². The normalized spacial score (nSPS) is 20.2. The van der Waals surface area contributed by atoms with Crippen molar-refractivity contribution >= 4 is 17.2 Å². The van der Waals surface area contributed by atoms with Gasteiger partial charge in [0.1, 0.15) is 17.3 Å². The molecule has 1 aliphatic carbocycles. The Balaban J connectivity index is 1.55. The third-order valence-electron chi connectivity index (χ3n) is 7.08. The fourth-order valence-electron chi connectivity index (χ4n) is 4.80. The summed E-state index contributed by atoms with van der Waals surface area (Å²) < 4.78 is 104. The molecule has 220 valence electrons. The van der Waals surface area contributed by atoms with Crippen LogP contribution in [0.3, 0.4) is 0 Å². The molecule has 0 bridgehead atoms. The number of nitrogens with one attached hydrogen (secondary N) is 2. The lowest BCUT2D eigenvalue weighted by molar-refractivity contribution is -0.202. The number of rotatable bonds is 8. The van der Waals surface area contributed by atoms with Crippen LogP contribution >= 0.6 is 0 Å². The number of H-pyrrole nitrogens is 1. The van der Waals surface area contributed by atoms with Gasteiger partial charge in [-0.25, -0.2) is 14.3 Å². The molecule has 17 heteroatoms. The van der Waals surface area contributed by atoms with E-state index in [2.05, 4.69) is 15.5 Å². The number of hydrogen-bond donors (Lipinski definition) is 2. The van der Waals surface area contributed by atoms with Crippen LogP contribution in [0.1, 0.15) is 55.8 Å². The number of aromatic amines is 1. The second-order valence-electron chi connectivity index (χ2n) is 9.75. The van der Waals surface area contributed by atoms with Crippen LogP contribution in [0.2, 0.25) is 0 Å². The number of aromatic nitrogens is 6. The molecule has 10 nitrogen and oxygen atoms in total. The third-order valence-corrected chi connectivity index (χ3v) is 7.08. The average molecular weight is 589 g/mol. The predicted molar refractivity (Wildman–Crippen MR) is 127 cm³/mol. The number of amides is 1. The minimum absolute atomic E-state index is 0.0217. The van der Waals surface area contributed by atoms with Gasteiger partial charge < -0.3 is 10.1 Å². The second kappa shape index (κ2) is 10.3. The molecule has 2 N–H and O–H groups in total. The van der Waals surface area contributed by atoms with Crippen molar-refractivity contribution in [2.45, 2.75) is 62.5 Å². The third kappa shape index (κ3) is 5.44. The molecular formula is C24H22F7N7O3. The van der Waals surface area contributed by atoms with E-state index in [1.165, 1.54) is 6.07 Å². The van der Waals surface area contributed by atoms with Gasteiger partial charge >= 0.3 is 18.0 Å². The molecule has 0 saturated heterocycles. The summed E-state index contributed by atoms with van der Waals surface area (Å²) in [5.74, 6) is -3.10. The van der Waals surface area contributed by atoms with Crippen LogP contribution in [-0.2, 0) is 10.3 Å². The summed E-state index contributed by atoms with van der Waals surface area (Å²) in [6.07, 6.45) is -8.25. The van der Waals surface area contributed by atoms with E-state index in [-0.39, 0.29) is 23.1 Å². The van der Waals surface area contributed by atoms with Crippen molar-refractivity contribution in [2.24, 2.45) is 0 Å². The molecule has 1 fully saturated rings. The van der Waals surface area contributed by atoms with Crippen molar-refractivity contribution in [1.82, 2.24) is 35.3 Å². The standard InChI is InChI=1S/C24H22F7N7O3/c25-17-11-14(41-10-2-8-23(26,27)28)5-6-16(17)22(24(29,30)31)12-15(18-7-9-37(34-18)13-3-1-4-13)19(20(39)32-22)38-21(40)33-35-36-38/h5-7,9,11,13H,1-4,8,10,12H2,(H,32,39)(H,33,36,40). The predicted octanol–water partition coefficient (Wildman–Crippen LogP) is 4.09. The van der Waals surface area contributed by atoms with Gasteiger partial charge in [-0.1, -0.05) is 0 Å². The number of tetrazole rings is 1. The van der Waals surface area contributed by atoms with E-state index in [4.69, 9.17) is 4.74 Å². The molecule has 3 heterocycles. The number of benzene rings is 1. The number of nitrogens with zero attached hydrogens (tertiary/aromatic N) is 5. The highest BCUT2D eigenvalue weighted by atomic mass is 19.4. The molecular weight excluding hydrogens is 567 g/mol. The summed E-state index contributed by atoms with van der Waals surface area (Å²) in [6, 6.07) is 3.74. The second-order valence-corrected chi connectivity index (χ2v) is 9.75. The van der Waals surface area contributed by atoms with Gasteiger partial charge in [0.05, 0.1) is 18.3 Å². The number of carbonyl (C=O) groups is 1. The maximum absolute atomic E-state index is 15.3. The minimum Gasteiger partial charge on any atom is -0.493 e. The molecule has 2 aromatic heterocycles. The SMILES string of the molecule is O=C1NC(c2ccc(OCCCC(F)(F)F)cc2F)(C(F)(F)F)CC(c2ccn(C3CCC3)n2)=C1n1nn[nH]c1=O. The number of halogens is 7. The highest BCUT2D eigenvalue weighted by Gasteiger charge is 2.61. The molecule has 1 aliphatic heterocycles. The van der Waals surface area contributed by atoms with Gasteiger partial charge in [-0.2, -0.15) is 36.1 Å². The topological polar surface area (TPSA) is 120 Å². The maximum Gasteiger partial charge on any atom is 0.416 e. The summed E-state index contributed by atoms with van der Waals surface area (Å²) >= 11 is 0. The Morgan fingerprint density at radius 3 is 2.44 bits per heavy atom. The highest BCUT2D eigenvalue weighted by molar-refractivity contribution is 6.22. The molecule has 0 radical (unpaired) electrons. The molecule has 1 atom stereocenters. The average Bonchev–Trinajstić information content (AvgIpc) is 3.48. The van der Waals surface area contributed by atoms with Crippen LogP contribution in [0.5, 0.6) is 5.75 Å². The molecule has 5 rings (SSSR count). The lowest BCUT2D eigenvalue weighted by atomic mass is 9.78. The zero-order chi connectivity index (χ0) is 29.6. The first kappa shape index (κ1) is 28.4. The number of ether oxygens (including phenoxy) is 1. The first-order chi connectivity index (χ1) is 19.3. The zero-order valence-electron chi connectivity index (χ0n) is 21.0. The molecule has 0 spiro atoms. The van der Waals surface area contributed by atoms with Crippen molar-refractivity contribution < 1.29 is 40.3 Å². The molecule has 2 aliphatic rings. The summed E-state index contributed by atoms with van der Waals surface area (Å²) in [7, 11) is 0. The smallest absolute Gasteiger partial charge is 0.416 e. The van der Waals surface area contributed by atoms with E-state index in [1.807, 2.05) is 10.4 Å². The van der Waals surface area contributed by atoms with E-state index >= 15 is 4.39 Å². The van der Waals surface area contributed by atoms with Crippen molar-refractivity contribution in [3.05, 3.63) is 58.0 Å². The van der Waals surface area contributed by atoms with E-state index in [0.717, 1.165) is 31.4 Å². The summed E-state index contributed by atoms with van der Waals surface area (Å²) in [5.41, 5.74) is -6.21. The Morgan fingerprint density at radius 1 is 1.10 bits per heavy atom. The van der Waals surface area contributed by atoms with Gasteiger partial charge in [0.2, 0.25) is 0 Å². The van der Waals surface area contributed by atoms with E-state index in [0.29, 0.717) is 10.7 Å². The van der Waals surface area contributed by atoms with Gasteiger partial charge in [-0.15, -0.1) is 0 Å². The Morgan fingerprint density at radius 2 is 1.85 bits per heavy atom. The first-order valence-corrected chi connectivity index (χ1v) is 12.5. The van der Waals surface area contributed by atoms with Crippen LogP contribution < -0.4 is 15.7 Å². The summed E-state index contributed by atoms with van der Waals surface area (Å²) in [5, 5.41) is 15.0. The van der Waals surface area contributed by atoms with Crippen molar-refractivity contribution in [3.8, 4) is 5.75 Å². The first-order valence-electron chi connectivity index (χ1n) is 12.5. The van der Waals surface area contributed by atoms with E-state index in [1.54, 1.807) is 10.9 Å². The molecule has 41 heavy (non-hydrogen) atoms. The van der Waals surface area contributed by atoms with Crippen molar-refractivity contribution in [3.63, 3.8) is 0 Å². The minimum atomic E-state index is -5.26. The maximum atomic E-state index is 15.3. The fraction of sp³-hybridized carbons (Fsp3) is 0.458. The molecule has 1 unspecified atom stereocenters. The number of carbonyl (C=O) groups excluding carboxylic acids is 1. The van der Waals surface area contributed by atoms with E-state index < -0.39 is 72.4 Å². The monoisotopic (exact) mass is 589 g/mol. The quantitative estimate of drug-likeness (QED) is 0.302. The van der Waals surface area contributed by atoms with Crippen molar-refractivity contribution in [1.29, 1.82) is 0 Å². The lowest BCUT2D eigenvalue weighted by Gasteiger charge is -2.41. The van der Waals surface area contributed by atoms with Gasteiger partial charge in [0.25, 0.3) is 5.91 Å². The van der Waals surface area contributed by atoms with Gasteiger partial charge in [0, 0.05) is 36.2 Å². The van der Waals surface area contributed by atoms with Crippen molar-refractivity contribution in [2.75, 3.05) is 6.61 Å². The van der Waals surface area contributed by atoms with Crippen LogP contribution in [0.15, 0.2) is 35.3 Å². The Kier molecular flexibility index (Phi) is 7.15. The lowest BCUT2D eigenvalue weighted by Crippen LogP contribution is -2.59. The molecule has 1 amide bonds. The number of hydrogen-bond acceptors (Lipinski definition) is 6. The Bertz CT molecular complexity index is 1530. The Hall–Kier alpha value is -4.18. The fourth-order valence-corrected chi connectivity index (χ4v) is 4.80. The number of alkyl halides is 6. The van der Waals surface area contributed by atoms with Gasteiger partial charge in [-0.05, 0) is 54.3 Å². The summed E-state index contributed by atoms with van der Waals surface area (Å²) in [4.78, 5) is 25.6. The highest BCUT2D eigenvalue weighted by Crippen LogP contribution is 2.49. The van der Waals surface area contributed by atoms with E-state index in [9.17, 15) is 35.9 Å². The van der Waals surface area contributed by atoms with Crippen LogP contribution in [0.25, 0.3) is 11.3 Å². The zero-order valence-corrected chi connectivity index (χ0v) is 21.0. The molecule has 1 saturated carbocycles. The van der Waals surface area contributed by atoms with Crippen LogP contribution in [0.4, 0.5) is 30.7 Å². The van der Waals surface area contributed by atoms with Gasteiger partial charge in [-0.3, -0.25) is 9.48 Å². The summed E-state index contributed by atoms with van der Waals surface area (Å²) in [6.45, 7) is -0.453.